The fourth-order valence-corrected chi connectivity index (χ4v) is 3.20. The highest BCUT2D eigenvalue weighted by atomic mass is 16.3. The number of H-pyrrole nitrogens is 1. The second kappa shape index (κ2) is 8.64. The first-order chi connectivity index (χ1) is 14.6. The Kier molecular flexibility index (Phi) is 5.60. The maximum atomic E-state index is 5.32. The molecule has 0 unspecified atom stereocenters. The molecule has 9 heteroatoms. The summed E-state index contributed by atoms with van der Waals surface area (Å²) in [5, 5.41) is 18.3. The normalized spacial score (nSPS) is 11.6. The van der Waals surface area contributed by atoms with Crippen molar-refractivity contribution in [3.8, 4) is 17.3 Å². The molecule has 0 saturated carbocycles. The molecule has 3 heterocycles. The zero-order chi connectivity index (χ0) is 20.9. The number of aliphatic imine (C=N–C) groups is 1. The zero-order valence-corrected chi connectivity index (χ0v) is 17.2. The minimum atomic E-state index is 0.451. The molecule has 4 rings (SSSR count). The summed E-state index contributed by atoms with van der Waals surface area (Å²) in [4.78, 5) is 8.72. The molecule has 0 bridgehead atoms. The van der Waals surface area contributed by atoms with E-state index < -0.39 is 0 Å². The van der Waals surface area contributed by atoms with Gasteiger partial charge < -0.3 is 15.1 Å². The molecule has 9 nitrogen and oxygen atoms in total. The minimum absolute atomic E-state index is 0.451. The van der Waals surface area contributed by atoms with Gasteiger partial charge in [0.15, 0.2) is 11.7 Å². The van der Waals surface area contributed by atoms with Gasteiger partial charge in [0, 0.05) is 19.3 Å². The van der Waals surface area contributed by atoms with Crippen molar-refractivity contribution in [1.82, 2.24) is 35.6 Å². The third-order valence-corrected chi connectivity index (χ3v) is 4.60. The van der Waals surface area contributed by atoms with E-state index in [1.165, 1.54) is 0 Å². The quantitative estimate of drug-likeness (QED) is 0.337. The molecule has 4 aromatic rings. The molecule has 3 N–H and O–H groups in total. The van der Waals surface area contributed by atoms with E-state index in [4.69, 9.17) is 4.42 Å². The number of para-hydroxylation sites is 1. The van der Waals surface area contributed by atoms with Gasteiger partial charge in [0.25, 0.3) is 0 Å². The first-order valence-electron chi connectivity index (χ1n) is 9.65. The van der Waals surface area contributed by atoms with E-state index in [9.17, 15) is 0 Å². The molecule has 0 fully saturated rings. The lowest BCUT2D eigenvalue weighted by Gasteiger charge is -2.14. The number of hydrogen-bond donors (Lipinski definition) is 3. The predicted octanol–water partition coefficient (Wildman–Crippen LogP) is 2.73. The van der Waals surface area contributed by atoms with Crippen molar-refractivity contribution in [2.24, 2.45) is 4.99 Å². The summed E-state index contributed by atoms with van der Waals surface area (Å²) in [5.74, 6) is 2.50. The third kappa shape index (κ3) is 4.24. The summed E-state index contributed by atoms with van der Waals surface area (Å²) in [5.41, 5.74) is 4.25. The number of rotatable bonds is 6. The number of guanidine groups is 1. The molecule has 0 aliphatic rings. The highest BCUT2D eigenvalue weighted by Gasteiger charge is 2.11. The Hall–Kier alpha value is -3.88. The lowest BCUT2D eigenvalue weighted by atomic mass is 10.1. The SMILES string of the molecule is CN=C(NCc1nc(-c2ccco2)n[nH]1)NCc1ccccc1-n1nc(C)cc1C. The summed E-state index contributed by atoms with van der Waals surface area (Å²) in [6.07, 6.45) is 1.60. The number of aromatic amines is 1. The lowest BCUT2D eigenvalue weighted by molar-refractivity contribution is 0.577. The van der Waals surface area contributed by atoms with Crippen LogP contribution in [-0.2, 0) is 13.1 Å². The molecule has 0 aliphatic carbocycles. The number of nitrogens with one attached hydrogen (secondary N) is 3. The summed E-state index contributed by atoms with van der Waals surface area (Å²) in [7, 11) is 1.73. The van der Waals surface area contributed by atoms with Crippen LogP contribution >= 0.6 is 0 Å². The Morgan fingerprint density at radius 1 is 1.13 bits per heavy atom. The van der Waals surface area contributed by atoms with E-state index in [2.05, 4.69) is 61.0 Å². The Morgan fingerprint density at radius 3 is 2.70 bits per heavy atom. The van der Waals surface area contributed by atoms with Crippen molar-refractivity contribution in [1.29, 1.82) is 0 Å². The summed E-state index contributed by atoms with van der Waals surface area (Å²) in [6, 6.07) is 13.9. The third-order valence-electron chi connectivity index (χ3n) is 4.60. The second-order valence-electron chi connectivity index (χ2n) is 6.83. The molecule has 0 radical (unpaired) electrons. The van der Waals surface area contributed by atoms with Crippen molar-refractivity contribution < 1.29 is 4.42 Å². The van der Waals surface area contributed by atoms with E-state index in [0.29, 0.717) is 36.5 Å². The maximum absolute atomic E-state index is 5.32. The van der Waals surface area contributed by atoms with Gasteiger partial charge in [-0.3, -0.25) is 10.1 Å². The van der Waals surface area contributed by atoms with Crippen LogP contribution in [0.25, 0.3) is 17.3 Å². The number of hydrogen-bond acceptors (Lipinski definition) is 5. The van der Waals surface area contributed by atoms with E-state index >= 15 is 0 Å². The summed E-state index contributed by atoms with van der Waals surface area (Å²) in [6.45, 7) is 5.10. The second-order valence-corrected chi connectivity index (χ2v) is 6.83. The molecule has 0 saturated heterocycles. The Balaban J connectivity index is 1.39. The number of furan rings is 1. The topological polar surface area (TPSA) is 109 Å². The summed E-state index contributed by atoms with van der Waals surface area (Å²) >= 11 is 0. The minimum Gasteiger partial charge on any atom is -0.461 e. The van der Waals surface area contributed by atoms with Crippen LogP contribution in [0.4, 0.5) is 0 Å². The number of nitrogens with zero attached hydrogens (tertiary/aromatic N) is 5. The number of aromatic nitrogens is 5. The van der Waals surface area contributed by atoms with E-state index in [1.807, 2.05) is 29.8 Å². The molecule has 30 heavy (non-hydrogen) atoms. The zero-order valence-electron chi connectivity index (χ0n) is 17.2. The molecule has 1 aromatic carbocycles. The van der Waals surface area contributed by atoms with Gasteiger partial charge in [-0.1, -0.05) is 18.2 Å². The monoisotopic (exact) mass is 404 g/mol. The smallest absolute Gasteiger partial charge is 0.216 e. The first-order valence-corrected chi connectivity index (χ1v) is 9.65. The Morgan fingerprint density at radius 2 is 1.97 bits per heavy atom. The van der Waals surface area contributed by atoms with Crippen molar-refractivity contribution in [3.63, 3.8) is 0 Å². The maximum Gasteiger partial charge on any atom is 0.216 e. The van der Waals surface area contributed by atoms with Crippen molar-refractivity contribution in [3.05, 3.63) is 71.5 Å². The Labute approximate surface area is 174 Å². The standard InChI is InChI=1S/C21H24N8O/c1-14-11-15(2)29(28-14)17-8-5-4-7-16(17)12-23-21(22-3)24-13-19-25-20(27-26-19)18-9-6-10-30-18/h4-11H,12-13H2,1-3H3,(H2,22,23,24)(H,25,26,27). The van der Waals surface area contributed by atoms with Crippen LogP contribution in [0.1, 0.15) is 22.8 Å². The fraction of sp³-hybridized carbons (Fsp3) is 0.238. The van der Waals surface area contributed by atoms with Crippen LogP contribution in [0.15, 0.2) is 58.1 Å². The molecule has 3 aromatic heterocycles. The molecular formula is C21H24N8O. The average molecular weight is 404 g/mol. The first kappa shape index (κ1) is 19.4. The largest absolute Gasteiger partial charge is 0.461 e. The van der Waals surface area contributed by atoms with Gasteiger partial charge in [0.2, 0.25) is 5.82 Å². The van der Waals surface area contributed by atoms with Gasteiger partial charge >= 0.3 is 0 Å². The van der Waals surface area contributed by atoms with Crippen molar-refractivity contribution in [2.45, 2.75) is 26.9 Å². The Bertz CT molecular complexity index is 1140. The van der Waals surface area contributed by atoms with Crippen LogP contribution in [0.3, 0.4) is 0 Å². The fourth-order valence-electron chi connectivity index (χ4n) is 3.20. The van der Waals surface area contributed by atoms with Crippen molar-refractivity contribution in [2.75, 3.05) is 7.05 Å². The van der Waals surface area contributed by atoms with E-state index in [-0.39, 0.29) is 0 Å². The van der Waals surface area contributed by atoms with Crippen LogP contribution in [-0.4, -0.2) is 38.0 Å². The van der Waals surface area contributed by atoms with Crippen LogP contribution < -0.4 is 10.6 Å². The van der Waals surface area contributed by atoms with Gasteiger partial charge in [0.05, 0.1) is 24.2 Å². The van der Waals surface area contributed by atoms with Crippen LogP contribution in [0.2, 0.25) is 0 Å². The van der Waals surface area contributed by atoms with E-state index in [1.54, 1.807) is 19.4 Å². The lowest BCUT2D eigenvalue weighted by Crippen LogP contribution is -2.36. The molecule has 0 atom stereocenters. The highest BCUT2D eigenvalue weighted by molar-refractivity contribution is 5.79. The molecule has 0 spiro atoms. The predicted molar refractivity (Wildman–Crippen MR) is 114 cm³/mol. The van der Waals surface area contributed by atoms with Crippen molar-refractivity contribution >= 4 is 5.96 Å². The molecule has 154 valence electrons. The summed E-state index contributed by atoms with van der Waals surface area (Å²) < 4.78 is 7.28. The molecule has 0 aliphatic heterocycles. The molecule has 0 amide bonds. The number of aryl methyl sites for hydroxylation is 2. The van der Waals surface area contributed by atoms with Gasteiger partial charge in [0.1, 0.15) is 5.82 Å². The highest BCUT2D eigenvalue weighted by Crippen LogP contribution is 2.17. The van der Waals surface area contributed by atoms with Crippen LogP contribution in [0, 0.1) is 13.8 Å². The van der Waals surface area contributed by atoms with E-state index in [0.717, 1.165) is 22.6 Å². The van der Waals surface area contributed by atoms with Gasteiger partial charge in [-0.2, -0.15) is 5.10 Å². The molecular weight excluding hydrogens is 380 g/mol. The average Bonchev–Trinajstić information content (AvgIpc) is 3.49. The van der Waals surface area contributed by atoms with Gasteiger partial charge in [-0.15, -0.1) is 5.10 Å². The number of benzene rings is 1. The van der Waals surface area contributed by atoms with Gasteiger partial charge in [-0.25, -0.2) is 9.67 Å². The van der Waals surface area contributed by atoms with Gasteiger partial charge in [-0.05, 0) is 43.7 Å². The van der Waals surface area contributed by atoms with Crippen LogP contribution in [0.5, 0.6) is 0 Å².